The van der Waals surface area contributed by atoms with Crippen molar-refractivity contribution < 1.29 is 4.79 Å². The quantitative estimate of drug-likeness (QED) is 0.762. The van der Waals surface area contributed by atoms with Gasteiger partial charge in [-0.2, -0.15) is 0 Å². The average Bonchev–Trinajstić information content (AvgIpc) is 2.49. The number of nitrogens with one attached hydrogen (secondary N) is 2. The van der Waals surface area contributed by atoms with E-state index >= 15 is 0 Å². The first-order chi connectivity index (χ1) is 10.1. The molecular formula is C16H16Br2N2O. The second-order valence-electron chi connectivity index (χ2n) is 4.63. The Morgan fingerprint density at radius 2 is 1.29 bits per heavy atom. The molecule has 3 nitrogen and oxygen atoms in total. The summed E-state index contributed by atoms with van der Waals surface area (Å²) in [7, 11) is 0. The van der Waals surface area contributed by atoms with Crippen molar-refractivity contribution in [3.63, 3.8) is 0 Å². The summed E-state index contributed by atoms with van der Waals surface area (Å²) in [6, 6.07) is 15.9. The van der Waals surface area contributed by atoms with E-state index in [2.05, 4.69) is 42.5 Å². The van der Waals surface area contributed by atoms with Crippen molar-refractivity contribution in [2.45, 2.75) is 13.1 Å². The minimum atomic E-state index is -0.00460. The molecule has 0 aliphatic carbocycles. The van der Waals surface area contributed by atoms with Crippen molar-refractivity contribution in [2.75, 3.05) is 6.54 Å². The van der Waals surface area contributed by atoms with Gasteiger partial charge in [0, 0.05) is 22.0 Å². The Labute approximate surface area is 141 Å². The summed E-state index contributed by atoms with van der Waals surface area (Å²) in [4.78, 5) is 11.7. The van der Waals surface area contributed by atoms with Gasteiger partial charge in [-0.1, -0.05) is 56.1 Å². The van der Waals surface area contributed by atoms with Crippen molar-refractivity contribution in [3.05, 3.63) is 68.6 Å². The van der Waals surface area contributed by atoms with Crippen LogP contribution >= 0.6 is 31.9 Å². The first-order valence-electron chi connectivity index (χ1n) is 6.60. The molecule has 2 aromatic carbocycles. The third-order valence-corrected chi connectivity index (χ3v) is 3.99. The lowest BCUT2D eigenvalue weighted by atomic mass is 10.2. The first-order valence-corrected chi connectivity index (χ1v) is 8.18. The second kappa shape index (κ2) is 8.32. The highest BCUT2D eigenvalue weighted by Gasteiger charge is 2.01. The molecule has 0 saturated carbocycles. The SMILES string of the molecule is O=C(CNCc1ccc(Br)cc1)NCc1ccc(Br)cc1. The Kier molecular flexibility index (Phi) is 6.42. The molecule has 0 aliphatic heterocycles. The molecule has 0 atom stereocenters. The van der Waals surface area contributed by atoms with Crippen LogP contribution < -0.4 is 10.6 Å². The summed E-state index contributed by atoms with van der Waals surface area (Å²) >= 11 is 6.78. The van der Waals surface area contributed by atoms with Gasteiger partial charge in [0.25, 0.3) is 0 Å². The fraction of sp³-hybridized carbons (Fsp3) is 0.188. The Bertz CT molecular complexity index is 582. The summed E-state index contributed by atoms with van der Waals surface area (Å²) in [5, 5.41) is 6.02. The topological polar surface area (TPSA) is 41.1 Å². The zero-order chi connectivity index (χ0) is 15.1. The predicted molar refractivity (Wildman–Crippen MR) is 91.8 cm³/mol. The van der Waals surface area contributed by atoms with Crippen LogP contribution in [0, 0.1) is 0 Å². The Morgan fingerprint density at radius 1 is 0.810 bits per heavy atom. The van der Waals surface area contributed by atoms with Crippen LogP contribution in [-0.4, -0.2) is 12.5 Å². The summed E-state index contributed by atoms with van der Waals surface area (Å²) in [6.45, 7) is 1.54. The van der Waals surface area contributed by atoms with Crippen LogP contribution in [0.2, 0.25) is 0 Å². The largest absolute Gasteiger partial charge is 0.351 e. The number of amides is 1. The summed E-state index contributed by atoms with van der Waals surface area (Å²) in [6.07, 6.45) is 0. The second-order valence-corrected chi connectivity index (χ2v) is 6.46. The minimum Gasteiger partial charge on any atom is -0.351 e. The molecule has 0 spiro atoms. The van der Waals surface area contributed by atoms with Crippen LogP contribution in [0.1, 0.15) is 11.1 Å². The zero-order valence-corrected chi connectivity index (χ0v) is 14.6. The van der Waals surface area contributed by atoms with Crippen molar-refractivity contribution >= 4 is 37.8 Å². The molecule has 0 fully saturated rings. The van der Waals surface area contributed by atoms with Crippen molar-refractivity contribution in [2.24, 2.45) is 0 Å². The van der Waals surface area contributed by atoms with E-state index in [1.165, 1.54) is 0 Å². The van der Waals surface area contributed by atoms with E-state index in [-0.39, 0.29) is 5.91 Å². The van der Waals surface area contributed by atoms with E-state index in [1.54, 1.807) is 0 Å². The van der Waals surface area contributed by atoms with Crippen molar-refractivity contribution in [1.29, 1.82) is 0 Å². The van der Waals surface area contributed by atoms with E-state index in [4.69, 9.17) is 0 Å². The van der Waals surface area contributed by atoms with Gasteiger partial charge in [-0.05, 0) is 35.4 Å². The number of benzene rings is 2. The average molecular weight is 412 g/mol. The van der Waals surface area contributed by atoms with Crippen LogP contribution in [-0.2, 0) is 17.9 Å². The number of carbonyl (C=O) groups is 1. The number of rotatable bonds is 6. The third kappa shape index (κ3) is 5.99. The van der Waals surface area contributed by atoms with E-state index in [9.17, 15) is 4.79 Å². The van der Waals surface area contributed by atoms with Gasteiger partial charge in [0.15, 0.2) is 0 Å². The number of hydrogen-bond acceptors (Lipinski definition) is 2. The zero-order valence-electron chi connectivity index (χ0n) is 11.4. The molecule has 0 aromatic heterocycles. The maximum atomic E-state index is 11.7. The highest BCUT2D eigenvalue weighted by molar-refractivity contribution is 9.10. The number of halogens is 2. The van der Waals surface area contributed by atoms with Gasteiger partial charge in [-0.15, -0.1) is 0 Å². The molecule has 0 bridgehead atoms. The molecule has 0 heterocycles. The summed E-state index contributed by atoms with van der Waals surface area (Å²) < 4.78 is 2.09. The summed E-state index contributed by atoms with van der Waals surface area (Å²) in [5.74, 6) is -0.00460. The van der Waals surface area contributed by atoms with Gasteiger partial charge < -0.3 is 10.6 Å². The lowest BCUT2D eigenvalue weighted by Crippen LogP contribution is -2.33. The van der Waals surface area contributed by atoms with Gasteiger partial charge in [-0.25, -0.2) is 0 Å². The van der Waals surface area contributed by atoms with E-state index in [0.717, 1.165) is 20.1 Å². The fourth-order valence-corrected chi connectivity index (χ4v) is 2.32. The molecule has 110 valence electrons. The lowest BCUT2D eigenvalue weighted by Gasteiger charge is -2.07. The molecule has 0 aliphatic rings. The van der Waals surface area contributed by atoms with Crippen molar-refractivity contribution in [3.8, 4) is 0 Å². The first kappa shape index (κ1) is 16.2. The predicted octanol–water partition coefficient (Wildman–Crippen LogP) is 3.62. The molecule has 0 unspecified atom stereocenters. The monoisotopic (exact) mass is 410 g/mol. The fourth-order valence-electron chi connectivity index (χ4n) is 1.79. The smallest absolute Gasteiger partial charge is 0.234 e. The van der Waals surface area contributed by atoms with Crippen LogP contribution in [0.3, 0.4) is 0 Å². The van der Waals surface area contributed by atoms with Crippen LogP contribution in [0.25, 0.3) is 0 Å². The van der Waals surface area contributed by atoms with Crippen LogP contribution in [0.4, 0.5) is 0 Å². The molecule has 0 radical (unpaired) electrons. The number of carbonyl (C=O) groups excluding carboxylic acids is 1. The van der Waals surface area contributed by atoms with E-state index in [1.807, 2.05) is 48.5 Å². The molecule has 0 saturated heterocycles. The van der Waals surface area contributed by atoms with Crippen molar-refractivity contribution in [1.82, 2.24) is 10.6 Å². The molecule has 2 rings (SSSR count). The van der Waals surface area contributed by atoms with E-state index < -0.39 is 0 Å². The summed E-state index contributed by atoms with van der Waals surface area (Å²) in [5.41, 5.74) is 2.23. The molecule has 2 aromatic rings. The Balaban J connectivity index is 1.67. The van der Waals surface area contributed by atoms with E-state index in [0.29, 0.717) is 19.6 Å². The van der Waals surface area contributed by atoms with Gasteiger partial charge in [-0.3, -0.25) is 4.79 Å². The maximum absolute atomic E-state index is 11.7. The van der Waals surface area contributed by atoms with Crippen LogP contribution in [0.15, 0.2) is 57.5 Å². The highest BCUT2D eigenvalue weighted by Crippen LogP contribution is 2.10. The molecular weight excluding hydrogens is 396 g/mol. The molecule has 1 amide bonds. The standard InChI is InChI=1S/C16H16Br2N2O/c17-14-5-1-12(2-6-14)9-19-11-16(21)20-10-13-3-7-15(18)8-4-13/h1-8,19H,9-11H2,(H,20,21). The number of hydrogen-bond donors (Lipinski definition) is 2. The third-order valence-electron chi connectivity index (χ3n) is 2.93. The van der Waals surface area contributed by atoms with Gasteiger partial charge >= 0.3 is 0 Å². The lowest BCUT2D eigenvalue weighted by molar-refractivity contribution is -0.120. The van der Waals surface area contributed by atoms with Gasteiger partial charge in [0.1, 0.15) is 0 Å². The maximum Gasteiger partial charge on any atom is 0.234 e. The molecule has 5 heteroatoms. The highest BCUT2D eigenvalue weighted by atomic mass is 79.9. The minimum absolute atomic E-state index is 0.00460. The Morgan fingerprint density at radius 3 is 1.81 bits per heavy atom. The van der Waals surface area contributed by atoms with Gasteiger partial charge in [0.2, 0.25) is 5.91 Å². The Hall–Kier alpha value is -1.17. The molecule has 2 N–H and O–H groups in total. The van der Waals surface area contributed by atoms with Crippen LogP contribution in [0.5, 0.6) is 0 Å². The van der Waals surface area contributed by atoms with Gasteiger partial charge in [0.05, 0.1) is 6.54 Å². The normalized spacial score (nSPS) is 10.4. The molecule has 21 heavy (non-hydrogen) atoms.